The molecular formula is C19H20N2. The molecule has 1 aliphatic heterocycles. The molecule has 0 fully saturated rings. The lowest BCUT2D eigenvalue weighted by Gasteiger charge is -2.19. The summed E-state index contributed by atoms with van der Waals surface area (Å²) in [6.45, 7) is 4.42. The van der Waals surface area contributed by atoms with E-state index < -0.39 is 0 Å². The Labute approximate surface area is 125 Å². The van der Waals surface area contributed by atoms with Crippen LogP contribution in [-0.4, -0.2) is 18.1 Å². The Bertz CT molecular complexity index is 785. The predicted octanol–water partition coefficient (Wildman–Crippen LogP) is 4.08. The molecule has 106 valence electrons. The largest absolute Gasteiger partial charge is 0.371 e. The highest BCUT2D eigenvalue weighted by molar-refractivity contribution is 5.83. The van der Waals surface area contributed by atoms with Gasteiger partial charge in [-0.3, -0.25) is 0 Å². The van der Waals surface area contributed by atoms with Crippen molar-refractivity contribution in [1.29, 1.82) is 0 Å². The standard InChI is InChI=1S/C19H20N2/c1-14-6-7-19-15(12-14)8-10-21(19)11-9-16-13-20-18-5-3-2-4-17(16)18/h2-7,12-13,20H,8-11H2,1H3. The molecule has 0 unspecified atom stereocenters. The number of aromatic amines is 1. The molecule has 0 saturated carbocycles. The van der Waals surface area contributed by atoms with Crippen LogP contribution in [0.3, 0.4) is 0 Å². The molecule has 21 heavy (non-hydrogen) atoms. The Morgan fingerprint density at radius 3 is 3.00 bits per heavy atom. The lowest BCUT2D eigenvalue weighted by Crippen LogP contribution is -2.23. The highest BCUT2D eigenvalue weighted by Gasteiger charge is 2.18. The van der Waals surface area contributed by atoms with Gasteiger partial charge in [0.25, 0.3) is 0 Å². The fourth-order valence-electron chi connectivity index (χ4n) is 3.43. The van der Waals surface area contributed by atoms with Crippen LogP contribution in [0.2, 0.25) is 0 Å². The topological polar surface area (TPSA) is 19.0 Å². The van der Waals surface area contributed by atoms with Gasteiger partial charge in [0.2, 0.25) is 0 Å². The molecule has 0 spiro atoms. The number of nitrogens with zero attached hydrogens (tertiary/aromatic N) is 1. The molecule has 2 heterocycles. The second-order valence-corrected chi connectivity index (χ2v) is 5.98. The molecule has 0 bridgehead atoms. The molecule has 0 saturated heterocycles. The number of para-hydroxylation sites is 1. The van der Waals surface area contributed by atoms with Crippen LogP contribution in [0.25, 0.3) is 10.9 Å². The average Bonchev–Trinajstić information content (AvgIpc) is 3.08. The minimum absolute atomic E-state index is 1.09. The SMILES string of the molecule is Cc1ccc2c(c1)CCN2CCc1c[nH]c2ccccc12. The molecule has 2 aromatic carbocycles. The third kappa shape index (κ3) is 2.21. The van der Waals surface area contributed by atoms with Crippen molar-refractivity contribution >= 4 is 16.6 Å². The predicted molar refractivity (Wildman–Crippen MR) is 89.1 cm³/mol. The maximum Gasteiger partial charge on any atom is 0.0456 e. The molecule has 0 atom stereocenters. The molecule has 4 rings (SSSR count). The van der Waals surface area contributed by atoms with E-state index in [9.17, 15) is 0 Å². The van der Waals surface area contributed by atoms with E-state index >= 15 is 0 Å². The summed E-state index contributed by atoms with van der Waals surface area (Å²) in [6, 6.07) is 15.4. The average molecular weight is 276 g/mol. The van der Waals surface area contributed by atoms with E-state index in [1.807, 2.05) is 0 Å². The highest BCUT2D eigenvalue weighted by Crippen LogP contribution is 2.29. The number of H-pyrrole nitrogens is 1. The van der Waals surface area contributed by atoms with Crippen LogP contribution >= 0.6 is 0 Å². The third-order valence-electron chi connectivity index (χ3n) is 4.55. The number of aromatic nitrogens is 1. The number of benzene rings is 2. The lowest BCUT2D eigenvalue weighted by molar-refractivity contribution is 0.816. The first kappa shape index (κ1) is 12.5. The van der Waals surface area contributed by atoms with Crippen LogP contribution in [0.1, 0.15) is 16.7 Å². The van der Waals surface area contributed by atoms with Crippen molar-refractivity contribution in [3.63, 3.8) is 0 Å². The van der Waals surface area contributed by atoms with Crippen LogP contribution in [0, 0.1) is 6.92 Å². The number of aryl methyl sites for hydroxylation is 1. The Balaban J connectivity index is 1.54. The Kier molecular flexibility index (Phi) is 2.95. The van der Waals surface area contributed by atoms with Crippen molar-refractivity contribution in [2.75, 3.05) is 18.0 Å². The van der Waals surface area contributed by atoms with Crippen molar-refractivity contribution in [3.8, 4) is 0 Å². The van der Waals surface area contributed by atoms with Gasteiger partial charge in [-0.05, 0) is 43.0 Å². The summed E-state index contributed by atoms with van der Waals surface area (Å²) in [5.74, 6) is 0. The smallest absolute Gasteiger partial charge is 0.0456 e. The quantitative estimate of drug-likeness (QED) is 0.763. The van der Waals surface area contributed by atoms with Gasteiger partial charge < -0.3 is 9.88 Å². The van der Waals surface area contributed by atoms with Crippen LogP contribution in [0.4, 0.5) is 5.69 Å². The molecule has 1 aromatic heterocycles. The summed E-state index contributed by atoms with van der Waals surface area (Å²) < 4.78 is 0. The molecule has 0 radical (unpaired) electrons. The number of anilines is 1. The van der Waals surface area contributed by atoms with Crippen LogP contribution < -0.4 is 4.90 Å². The van der Waals surface area contributed by atoms with E-state index in [1.54, 1.807) is 0 Å². The monoisotopic (exact) mass is 276 g/mol. The maximum absolute atomic E-state index is 3.37. The van der Waals surface area contributed by atoms with E-state index in [4.69, 9.17) is 0 Å². The molecular weight excluding hydrogens is 256 g/mol. The molecule has 1 aliphatic rings. The molecule has 1 N–H and O–H groups in total. The van der Waals surface area contributed by atoms with Gasteiger partial charge in [0.05, 0.1) is 0 Å². The minimum atomic E-state index is 1.09. The highest BCUT2D eigenvalue weighted by atomic mass is 15.1. The molecule has 0 amide bonds. The third-order valence-corrected chi connectivity index (χ3v) is 4.55. The molecule has 3 aromatic rings. The van der Waals surface area contributed by atoms with E-state index in [0.717, 1.165) is 19.5 Å². The number of hydrogen-bond acceptors (Lipinski definition) is 1. The van der Waals surface area contributed by atoms with Crippen LogP contribution in [-0.2, 0) is 12.8 Å². The van der Waals surface area contributed by atoms with Gasteiger partial charge in [-0.15, -0.1) is 0 Å². The van der Waals surface area contributed by atoms with Crippen LogP contribution in [0.5, 0.6) is 0 Å². The first-order valence-electron chi connectivity index (χ1n) is 7.71. The van der Waals surface area contributed by atoms with E-state index in [0.29, 0.717) is 0 Å². The Hall–Kier alpha value is -2.22. The summed E-state index contributed by atoms with van der Waals surface area (Å²) in [5, 5.41) is 1.36. The van der Waals surface area contributed by atoms with Crippen LogP contribution in [0.15, 0.2) is 48.7 Å². The number of rotatable bonds is 3. The molecule has 0 aliphatic carbocycles. The number of fused-ring (bicyclic) bond motifs is 2. The van der Waals surface area contributed by atoms with Crippen molar-refractivity contribution in [2.24, 2.45) is 0 Å². The molecule has 2 heteroatoms. The molecule has 2 nitrogen and oxygen atoms in total. The first-order valence-corrected chi connectivity index (χ1v) is 7.71. The van der Waals surface area contributed by atoms with Gasteiger partial charge >= 0.3 is 0 Å². The summed E-state index contributed by atoms with van der Waals surface area (Å²) in [5.41, 5.74) is 6.97. The summed E-state index contributed by atoms with van der Waals surface area (Å²) in [6.07, 6.45) is 4.44. The van der Waals surface area contributed by atoms with Crippen molar-refractivity contribution in [2.45, 2.75) is 19.8 Å². The van der Waals surface area contributed by atoms with E-state index in [-0.39, 0.29) is 0 Å². The normalized spacial score (nSPS) is 13.9. The maximum atomic E-state index is 3.37. The van der Waals surface area contributed by atoms with E-state index in [2.05, 4.69) is 65.5 Å². The van der Waals surface area contributed by atoms with Gasteiger partial charge in [-0.25, -0.2) is 0 Å². The first-order chi connectivity index (χ1) is 10.3. The minimum Gasteiger partial charge on any atom is -0.371 e. The van der Waals surface area contributed by atoms with Gasteiger partial charge in [-0.1, -0.05) is 35.9 Å². The zero-order valence-electron chi connectivity index (χ0n) is 12.4. The summed E-state index contributed by atoms with van der Waals surface area (Å²) in [4.78, 5) is 5.90. The van der Waals surface area contributed by atoms with Crippen molar-refractivity contribution in [3.05, 3.63) is 65.4 Å². The Morgan fingerprint density at radius 2 is 2.05 bits per heavy atom. The number of nitrogens with one attached hydrogen (secondary N) is 1. The van der Waals surface area contributed by atoms with Gasteiger partial charge in [-0.2, -0.15) is 0 Å². The van der Waals surface area contributed by atoms with Gasteiger partial charge in [0, 0.05) is 35.9 Å². The Morgan fingerprint density at radius 1 is 1.14 bits per heavy atom. The fourth-order valence-corrected chi connectivity index (χ4v) is 3.43. The zero-order valence-corrected chi connectivity index (χ0v) is 12.4. The lowest BCUT2D eigenvalue weighted by atomic mass is 10.1. The number of hydrogen-bond donors (Lipinski definition) is 1. The van der Waals surface area contributed by atoms with E-state index in [1.165, 1.54) is 39.7 Å². The summed E-state index contributed by atoms with van der Waals surface area (Å²) in [7, 11) is 0. The second kappa shape index (κ2) is 4.96. The van der Waals surface area contributed by atoms with Crippen molar-refractivity contribution < 1.29 is 0 Å². The van der Waals surface area contributed by atoms with Crippen molar-refractivity contribution in [1.82, 2.24) is 4.98 Å². The summed E-state index contributed by atoms with van der Waals surface area (Å²) >= 11 is 0. The second-order valence-electron chi connectivity index (χ2n) is 5.98. The zero-order chi connectivity index (χ0) is 14.2. The van der Waals surface area contributed by atoms with Gasteiger partial charge in [0.1, 0.15) is 0 Å². The fraction of sp³-hybridized carbons (Fsp3) is 0.263. The van der Waals surface area contributed by atoms with Gasteiger partial charge in [0.15, 0.2) is 0 Å².